The van der Waals surface area contributed by atoms with Crippen molar-refractivity contribution < 1.29 is 14.3 Å². The molecule has 1 aliphatic rings. The van der Waals surface area contributed by atoms with Crippen LogP contribution in [0.4, 0.5) is 5.69 Å². The van der Waals surface area contributed by atoms with Gasteiger partial charge in [-0.15, -0.1) is 5.10 Å². The van der Waals surface area contributed by atoms with Crippen LogP contribution in [0.25, 0.3) is 5.69 Å². The number of nitrogens with zero attached hydrogens (tertiary/aromatic N) is 3. The van der Waals surface area contributed by atoms with Gasteiger partial charge in [-0.2, -0.15) is 0 Å². The van der Waals surface area contributed by atoms with E-state index in [9.17, 15) is 4.79 Å². The number of nitrogens with one attached hydrogen (secondary N) is 1. The van der Waals surface area contributed by atoms with Crippen molar-refractivity contribution in [1.82, 2.24) is 15.0 Å². The number of carbonyl (C=O) groups excluding carboxylic acids is 1. The van der Waals surface area contributed by atoms with Crippen LogP contribution in [0.15, 0.2) is 53.1 Å². The number of carbonyl (C=O) groups is 1. The van der Waals surface area contributed by atoms with Crippen LogP contribution in [-0.4, -0.2) is 27.7 Å². The van der Waals surface area contributed by atoms with Crippen LogP contribution in [0.3, 0.4) is 0 Å². The first-order valence-electron chi connectivity index (χ1n) is 7.08. The van der Waals surface area contributed by atoms with Crippen LogP contribution >= 0.6 is 15.9 Å². The molecule has 0 radical (unpaired) electrons. The normalized spacial score (nSPS) is 12.2. The number of halogens is 1. The van der Waals surface area contributed by atoms with Crippen LogP contribution in [0, 0.1) is 0 Å². The molecule has 4 rings (SSSR count). The molecule has 7 nitrogen and oxygen atoms in total. The molecule has 0 spiro atoms. The Kier molecular flexibility index (Phi) is 3.66. The smallest absolute Gasteiger partial charge is 0.277 e. The van der Waals surface area contributed by atoms with Crippen molar-refractivity contribution in [3.05, 3.63) is 58.8 Å². The minimum absolute atomic E-state index is 0.188. The topological polar surface area (TPSA) is 78.3 Å². The zero-order chi connectivity index (χ0) is 16.5. The van der Waals surface area contributed by atoms with Gasteiger partial charge in [-0.3, -0.25) is 4.79 Å². The van der Waals surface area contributed by atoms with Crippen LogP contribution in [0.2, 0.25) is 0 Å². The highest BCUT2D eigenvalue weighted by molar-refractivity contribution is 9.10. The Labute approximate surface area is 145 Å². The molecule has 0 fully saturated rings. The third-order valence-electron chi connectivity index (χ3n) is 3.43. The third-order valence-corrected chi connectivity index (χ3v) is 3.92. The van der Waals surface area contributed by atoms with E-state index in [1.54, 1.807) is 29.1 Å². The summed E-state index contributed by atoms with van der Waals surface area (Å²) in [6.07, 6.45) is 1.57. The molecule has 24 heavy (non-hydrogen) atoms. The molecule has 0 bridgehead atoms. The summed E-state index contributed by atoms with van der Waals surface area (Å²) in [5.41, 5.74) is 1.62. The minimum Gasteiger partial charge on any atom is -0.454 e. The van der Waals surface area contributed by atoms with Crippen LogP contribution in [0.5, 0.6) is 11.5 Å². The van der Waals surface area contributed by atoms with E-state index in [0.29, 0.717) is 17.2 Å². The summed E-state index contributed by atoms with van der Waals surface area (Å²) < 4.78 is 13.0. The van der Waals surface area contributed by atoms with Crippen molar-refractivity contribution in [2.24, 2.45) is 0 Å². The lowest BCUT2D eigenvalue weighted by molar-refractivity contribution is 0.102. The summed E-state index contributed by atoms with van der Waals surface area (Å²) in [5.74, 6) is 0.911. The maximum absolute atomic E-state index is 12.3. The molecule has 1 aliphatic heterocycles. The molecule has 1 aromatic heterocycles. The number of amides is 1. The summed E-state index contributed by atoms with van der Waals surface area (Å²) >= 11 is 3.40. The van der Waals surface area contributed by atoms with E-state index in [2.05, 4.69) is 31.6 Å². The van der Waals surface area contributed by atoms with Gasteiger partial charge < -0.3 is 14.8 Å². The average molecular weight is 387 g/mol. The van der Waals surface area contributed by atoms with Gasteiger partial charge >= 0.3 is 0 Å². The molecule has 0 saturated carbocycles. The Morgan fingerprint density at radius 1 is 1.17 bits per heavy atom. The van der Waals surface area contributed by atoms with E-state index in [4.69, 9.17) is 9.47 Å². The maximum Gasteiger partial charge on any atom is 0.277 e. The predicted octanol–water partition coefficient (Wildman–Crippen LogP) is 3.01. The quantitative estimate of drug-likeness (QED) is 0.748. The molecule has 0 unspecified atom stereocenters. The Bertz CT molecular complexity index is 925. The number of fused-ring (bicyclic) bond motifs is 1. The molecule has 0 atom stereocenters. The van der Waals surface area contributed by atoms with Gasteiger partial charge in [-0.25, -0.2) is 4.68 Å². The Morgan fingerprint density at radius 2 is 2.04 bits per heavy atom. The predicted molar refractivity (Wildman–Crippen MR) is 89.6 cm³/mol. The fourth-order valence-corrected chi connectivity index (χ4v) is 2.67. The second-order valence-corrected chi connectivity index (χ2v) is 5.97. The van der Waals surface area contributed by atoms with Crippen molar-refractivity contribution in [3.8, 4) is 17.2 Å². The minimum atomic E-state index is -0.352. The largest absolute Gasteiger partial charge is 0.454 e. The maximum atomic E-state index is 12.3. The highest BCUT2D eigenvalue weighted by Gasteiger charge is 2.16. The summed E-state index contributed by atoms with van der Waals surface area (Å²) in [6.45, 7) is 0.188. The number of aromatic nitrogens is 3. The fraction of sp³-hybridized carbons (Fsp3) is 0.0625. The first-order valence-corrected chi connectivity index (χ1v) is 7.88. The summed E-state index contributed by atoms with van der Waals surface area (Å²) in [6, 6.07) is 12.7. The molecule has 2 heterocycles. The molecule has 1 amide bonds. The zero-order valence-electron chi connectivity index (χ0n) is 12.3. The number of benzene rings is 2. The van der Waals surface area contributed by atoms with Gasteiger partial charge in [-0.05, 0) is 30.3 Å². The van der Waals surface area contributed by atoms with E-state index in [1.807, 2.05) is 24.3 Å². The Balaban J connectivity index is 1.53. The van der Waals surface area contributed by atoms with Gasteiger partial charge in [0, 0.05) is 16.2 Å². The number of rotatable bonds is 3. The molecular weight excluding hydrogens is 376 g/mol. The zero-order valence-corrected chi connectivity index (χ0v) is 13.9. The lowest BCUT2D eigenvalue weighted by atomic mass is 10.2. The molecular formula is C16H11BrN4O3. The molecule has 3 aromatic rings. The monoisotopic (exact) mass is 386 g/mol. The lowest BCUT2D eigenvalue weighted by Crippen LogP contribution is -2.12. The molecule has 120 valence electrons. The first-order chi connectivity index (χ1) is 11.7. The van der Waals surface area contributed by atoms with Crippen molar-refractivity contribution >= 4 is 27.5 Å². The van der Waals surface area contributed by atoms with Gasteiger partial charge in [0.05, 0.1) is 11.9 Å². The van der Waals surface area contributed by atoms with E-state index < -0.39 is 0 Å². The summed E-state index contributed by atoms with van der Waals surface area (Å²) in [4.78, 5) is 12.3. The average Bonchev–Trinajstić information content (AvgIpc) is 3.24. The third kappa shape index (κ3) is 2.83. The van der Waals surface area contributed by atoms with Crippen LogP contribution in [0.1, 0.15) is 10.5 Å². The van der Waals surface area contributed by atoms with Gasteiger partial charge in [0.25, 0.3) is 5.91 Å². The van der Waals surface area contributed by atoms with Crippen molar-refractivity contribution in [2.75, 3.05) is 12.1 Å². The van der Waals surface area contributed by atoms with Crippen molar-refractivity contribution in [1.29, 1.82) is 0 Å². The number of hydrogen-bond donors (Lipinski definition) is 1. The van der Waals surface area contributed by atoms with E-state index in [1.165, 1.54) is 0 Å². The van der Waals surface area contributed by atoms with E-state index in [-0.39, 0.29) is 18.4 Å². The highest BCUT2D eigenvalue weighted by atomic mass is 79.9. The van der Waals surface area contributed by atoms with Crippen LogP contribution < -0.4 is 14.8 Å². The van der Waals surface area contributed by atoms with Crippen LogP contribution in [-0.2, 0) is 0 Å². The standard InChI is InChI=1S/C16H11BrN4O3/c17-10-2-1-3-12(6-10)21-8-13(19-20-21)16(22)18-11-4-5-14-15(7-11)24-9-23-14/h1-8H,9H2,(H,18,22). The lowest BCUT2D eigenvalue weighted by Gasteiger charge is -2.04. The number of ether oxygens (including phenoxy) is 2. The second-order valence-electron chi connectivity index (χ2n) is 5.05. The molecule has 1 N–H and O–H groups in total. The summed E-state index contributed by atoms with van der Waals surface area (Å²) in [7, 11) is 0. The molecule has 0 saturated heterocycles. The second kappa shape index (κ2) is 5.97. The Hall–Kier alpha value is -2.87. The van der Waals surface area contributed by atoms with Gasteiger partial charge in [0.15, 0.2) is 17.2 Å². The number of anilines is 1. The van der Waals surface area contributed by atoms with E-state index in [0.717, 1.165) is 10.2 Å². The van der Waals surface area contributed by atoms with Gasteiger partial charge in [0.1, 0.15) is 0 Å². The number of hydrogen-bond acceptors (Lipinski definition) is 5. The van der Waals surface area contributed by atoms with Crippen molar-refractivity contribution in [2.45, 2.75) is 0 Å². The van der Waals surface area contributed by atoms with E-state index >= 15 is 0 Å². The highest BCUT2D eigenvalue weighted by Crippen LogP contribution is 2.34. The fourth-order valence-electron chi connectivity index (χ4n) is 2.28. The molecule has 8 heteroatoms. The Morgan fingerprint density at radius 3 is 2.92 bits per heavy atom. The van der Waals surface area contributed by atoms with Gasteiger partial charge in [0.2, 0.25) is 6.79 Å². The first kappa shape index (κ1) is 14.7. The van der Waals surface area contributed by atoms with Crippen molar-refractivity contribution in [3.63, 3.8) is 0 Å². The SMILES string of the molecule is O=C(Nc1ccc2c(c1)OCO2)c1cn(-c2cccc(Br)c2)nn1. The van der Waals surface area contributed by atoms with Gasteiger partial charge in [-0.1, -0.05) is 27.2 Å². The molecule has 2 aromatic carbocycles. The summed E-state index contributed by atoms with van der Waals surface area (Å²) in [5, 5.41) is 10.7. The molecule has 0 aliphatic carbocycles.